The second-order valence-corrected chi connectivity index (χ2v) is 9.48. The molecule has 0 saturated carbocycles. The van der Waals surface area contributed by atoms with E-state index in [1.165, 1.54) is 25.7 Å². The monoisotopic (exact) mass is 515 g/mol. The molecule has 0 bridgehead atoms. The van der Waals surface area contributed by atoms with E-state index >= 15 is 0 Å². The van der Waals surface area contributed by atoms with E-state index in [1.54, 1.807) is 42.5 Å². The number of carbonyl (C=O) groups excluding carboxylic acids is 3. The fourth-order valence-electron chi connectivity index (χ4n) is 3.87. The predicted octanol–water partition coefficient (Wildman–Crippen LogP) is 6.96. The fourth-order valence-corrected chi connectivity index (χ4v) is 4.07. The third-order valence-corrected chi connectivity index (χ3v) is 6.57. The highest BCUT2D eigenvalue weighted by Crippen LogP contribution is 2.29. The van der Waals surface area contributed by atoms with Gasteiger partial charge in [0.2, 0.25) is 5.78 Å². The van der Waals surface area contributed by atoms with Crippen molar-refractivity contribution in [2.45, 2.75) is 82.6 Å². The Hall–Kier alpha value is -2.86. The van der Waals surface area contributed by atoms with Crippen molar-refractivity contribution in [3.8, 4) is 5.75 Å². The second kappa shape index (κ2) is 15.3. The molecule has 2 aromatic carbocycles. The van der Waals surface area contributed by atoms with E-state index in [9.17, 15) is 14.4 Å². The fraction of sp³-hybridized carbons (Fsp3) is 0.483. The number of alkyl halides is 1. The topological polar surface area (TPSA) is 81.7 Å². The van der Waals surface area contributed by atoms with E-state index in [2.05, 4.69) is 19.2 Å². The smallest absolute Gasteiger partial charge is 0.345 e. The quantitative estimate of drug-likeness (QED) is 0.0859. The Bertz CT molecular complexity index is 963. The van der Waals surface area contributed by atoms with E-state index in [4.69, 9.17) is 21.1 Å². The minimum atomic E-state index is -2.57. The first-order valence-corrected chi connectivity index (χ1v) is 13.2. The van der Waals surface area contributed by atoms with Gasteiger partial charge in [-0.05, 0) is 55.7 Å². The summed E-state index contributed by atoms with van der Waals surface area (Å²) >= 11 is 6.66. The van der Waals surface area contributed by atoms with E-state index in [0.717, 1.165) is 38.5 Å². The molecular weight excluding hydrogens is 478 g/mol. The van der Waals surface area contributed by atoms with Crippen molar-refractivity contribution in [3.63, 3.8) is 0 Å². The van der Waals surface area contributed by atoms with Gasteiger partial charge in [0.05, 0.1) is 7.11 Å². The van der Waals surface area contributed by atoms with Gasteiger partial charge < -0.3 is 14.8 Å². The number of hydrogen-bond donors (Lipinski definition) is 1. The first-order valence-electron chi connectivity index (χ1n) is 12.8. The van der Waals surface area contributed by atoms with Gasteiger partial charge in [-0.15, -0.1) is 0 Å². The number of rotatable bonds is 16. The summed E-state index contributed by atoms with van der Waals surface area (Å²) < 4.78 is 10.9. The lowest BCUT2D eigenvalue weighted by molar-refractivity contribution is -0.153. The number of ether oxygens (including phenoxy) is 2. The zero-order chi connectivity index (χ0) is 26.4. The molecule has 0 aromatic heterocycles. The highest BCUT2D eigenvalue weighted by Gasteiger charge is 2.54. The molecule has 7 heteroatoms. The van der Waals surface area contributed by atoms with Gasteiger partial charge in [0.25, 0.3) is 10.8 Å². The van der Waals surface area contributed by atoms with E-state index < -0.39 is 28.6 Å². The third-order valence-electron chi connectivity index (χ3n) is 6.07. The van der Waals surface area contributed by atoms with E-state index in [0.29, 0.717) is 24.3 Å². The van der Waals surface area contributed by atoms with Crippen LogP contribution in [-0.2, 0) is 14.3 Å². The molecule has 0 saturated heterocycles. The molecule has 2 aromatic rings. The van der Waals surface area contributed by atoms with Crippen molar-refractivity contribution in [1.29, 1.82) is 0 Å². The Labute approximate surface area is 219 Å². The summed E-state index contributed by atoms with van der Waals surface area (Å²) in [7, 11) is 1.51. The summed E-state index contributed by atoms with van der Waals surface area (Å²) in [6.07, 6.45) is 8.09. The molecule has 2 atom stereocenters. The van der Waals surface area contributed by atoms with E-state index in [-0.39, 0.29) is 5.56 Å². The molecule has 0 aliphatic heterocycles. The Kier molecular flexibility index (Phi) is 12.5. The number of ketones is 1. The average Bonchev–Trinajstić information content (AvgIpc) is 2.90. The Balaban J connectivity index is 2.29. The van der Waals surface area contributed by atoms with Crippen molar-refractivity contribution < 1.29 is 23.9 Å². The van der Waals surface area contributed by atoms with Crippen molar-refractivity contribution in [2.75, 3.05) is 12.4 Å². The van der Waals surface area contributed by atoms with Crippen LogP contribution in [0.2, 0.25) is 0 Å². The standard InChI is InChI=1S/C29H38ClNO5/c1-4-6-8-9-13-17-25(16-7-5-2)36-28(34)29(30,27(33)31-23-14-11-10-12-15-23)26(32)22-18-20-24(35-3)21-19-22/h10-12,14-15,18-21,25H,4-9,13,16-17H2,1-3H3,(H,31,33). The summed E-state index contributed by atoms with van der Waals surface area (Å²) in [4.78, 5) is 37.8. The van der Waals surface area contributed by atoms with Crippen LogP contribution in [0.3, 0.4) is 0 Å². The Morgan fingerprint density at radius 1 is 0.861 bits per heavy atom. The average molecular weight is 516 g/mol. The minimum absolute atomic E-state index is 0.107. The molecule has 196 valence electrons. The number of amides is 1. The molecule has 6 nitrogen and oxygen atoms in total. The summed E-state index contributed by atoms with van der Waals surface area (Å²) in [5.74, 6) is -2.31. The lowest BCUT2D eigenvalue weighted by atomic mass is 9.95. The Morgan fingerprint density at radius 3 is 2.08 bits per heavy atom. The maximum atomic E-state index is 13.5. The third kappa shape index (κ3) is 8.37. The molecular formula is C29H38ClNO5. The number of anilines is 1. The second-order valence-electron chi connectivity index (χ2n) is 8.91. The molecule has 36 heavy (non-hydrogen) atoms. The van der Waals surface area contributed by atoms with Gasteiger partial charge in [-0.3, -0.25) is 9.59 Å². The van der Waals surface area contributed by atoms with Crippen LogP contribution in [0, 0.1) is 0 Å². The van der Waals surface area contributed by atoms with Gasteiger partial charge in [-0.2, -0.15) is 0 Å². The molecule has 0 radical (unpaired) electrons. The van der Waals surface area contributed by atoms with Crippen molar-refractivity contribution in [1.82, 2.24) is 0 Å². The number of unbranched alkanes of at least 4 members (excludes halogenated alkanes) is 5. The van der Waals surface area contributed by atoms with Crippen LogP contribution in [0.1, 0.15) is 82.0 Å². The van der Waals surface area contributed by atoms with Gasteiger partial charge in [0.15, 0.2) is 0 Å². The summed E-state index contributed by atoms with van der Waals surface area (Å²) in [6.45, 7) is 4.22. The summed E-state index contributed by atoms with van der Waals surface area (Å²) in [5.41, 5.74) is 0.525. The van der Waals surface area contributed by atoms with Crippen molar-refractivity contribution in [2.24, 2.45) is 0 Å². The molecule has 0 spiro atoms. The molecule has 0 fully saturated rings. The van der Waals surface area contributed by atoms with Gasteiger partial charge >= 0.3 is 5.97 Å². The molecule has 2 rings (SSSR count). The molecule has 0 aliphatic carbocycles. The SMILES string of the molecule is CCCCCCCC(CCCC)OC(=O)C(Cl)(C(=O)Nc1ccccc1)C(=O)c1ccc(OC)cc1. The number of benzene rings is 2. The van der Waals surface area contributed by atoms with Crippen LogP contribution in [0.4, 0.5) is 5.69 Å². The number of halogens is 1. The number of esters is 1. The maximum absolute atomic E-state index is 13.5. The Morgan fingerprint density at radius 2 is 1.47 bits per heavy atom. The highest BCUT2D eigenvalue weighted by molar-refractivity contribution is 6.59. The van der Waals surface area contributed by atoms with Crippen LogP contribution in [0.5, 0.6) is 5.75 Å². The van der Waals surface area contributed by atoms with Crippen molar-refractivity contribution >= 4 is 34.9 Å². The lowest BCUT2D eigenvalue weighted by Crippen LogP contribution is -2.53. The number of para-hydroxylation sites is 1. The zero-order valence-corrected chi connectivity index (χ0v) is 22.3. The minimum Gasteiger partial charge on any atom is -0.497 e. The lowest BCUT2D eigenvalue weighted by Gasteiger charge is -2.26. The highest BCUT2D eigenvalue weighted by atomic mass is 35.5. The van der Waals surface area contributed by atoms with Gasteiger partial charge in [-0.1, -0.05) is 82.2 Å². The van der Waals surface area contributed by atoms with Crippen molar-refractivity contribution in [3.05, 3.63) is 60.2 Å². The van der Waals surface area contributed by atoms with E-state index in [1.807, 2.05) is 0 Å². The van der Waals surface area contributed by atoms with Gasteiger partial charge in [-0.25, -0.2) is 4.79 Å². The van der Waals surface area contributed by atoms with Crippen LogP contribution in [0.15, 0.2) is 54.6 Å². The molecule has 0 aliphatic rings. The van der Waals surface area contributed by atoms with Crippen LogP contribution in [-0.4, -0.2) is 35.7 Å². The molecule has 0 heterocycles. The van der Waals surface area contributed by atoms with Crippen LogP contribution < -0.4 is 10.1 Å². The summed E-state index contributed by atoms with van der Waals surface area (Å²) in [5, 5.41) is 2.60. The number of nitrogens with one attached hydrogen (secondary N) is 1. The van der Waals surface area contributed by atoms with Gasteiger partial charge in [0, 0.05) is 11.3 Å². The van der Waals surface area contributed by atoms with Crippen LogP contribution in [0.25, 0.3) is 0 Å². The molecule has 2 unspecified atom stereocenters. The largest absolute Gasteiger partial charge is 0.497 e. The first-order chi connectivity index (χ1) is 17.4. The normalized spacial score (nSPS) is 13.3. The molecule has 1 N–H and O–H groups in total. The van der Waals surface area contributed by atoms with Crippen LogP contribution >= 0.6 is 11.6 Å². The molecule has 1 amide bonds. The number of carbonyl (C=O) groups is 3. The zero-order valence-electron chi connectivity index (χ0n) is 21.6. The summed E-state index contributed by atoms with van der Waals surface area (Å²) in [6, 6.07) is 14.7. The predicted molar refractivity (Wildman–Crippen MR) is 144 cm³/mol. The maximum Gasteiger partial charge on any atom is 0.345 e. The number of methoxy groups -OCH3 is 1. The number of Topliss-reactive ketones (excluding diaryl/α,β-unsaturated/α-hetero) is 1. The first kappa shape index (κ1) is 29.4. The van der Waals surface area contributed by atoms with Gasteiger partial charge in [0.1, 0.15) is 11.9 Å². The number of hydrogen-bond acceptors (Lipinski definition) is 5.